The maximum absolute atomic E-state index is 12.2. The first kappa shape index (κ1) is 13.8. The molecule has 1 saturated heterocycles. The van der Waals surface area contributed by atoms with Gasteiger partial charge in [0.05, 0.1) is 6.10 Å². The van der Waals surface area contributed by atoms with Gasteiger partial charge in [0.15, 0.2) is 0 Å². The molecule has 3 heterocycles. The molecule has 0 spiro atoms. The minimum Gasteiger partial charge on any atom is -0.391 e. The largest absolute Gasteiger partial charge is 0.391 e. The average Bonchev–Trinajstić information content (AvgIpc) is 3.11. The van der Waals surface area contributed by atoms with Crippen molar-refractivity contribution >= 4 is 5.91 Å². The molecule has 1 N–H and O–H groups in total. The van der Waals surface area contributed by atoms with Gasteiger partial charge in [0, 0.05) is 43.8 Å². The number of carbonyl (C=O) groups excluding carboxylic acids is 1. The lowest BCUT2D eigenvalue weighted by molar-refractivity contribution is -0.131. The highest BCUT2D eigenvalue weighted by Crippen LogP contribution is 2.21. The van der Waals surface area contributed by atoms with Crippen LogP contribution in [0.3, 0.4) is 0 Å². The zero-order chi connectivity index (χ0) is 14.7. The molecule has 0 unspecified atom stereocenters. The molecule has 2 atom stereocenters. The van der Waals surface area contributed by atoms with Crippen molar-refractivity contribution in [2.45, 2.75) is 19.1 Å². The van der Waals surface area contributed by atoms with Crippen LogP contribution in [0.25, 0.3) is 0 Å². The zero-order valence-corrected chi connectivity index (χ0v) is 11.7. The van der Waals surface area contributed by atoms with Crippen LogP contribution >= 0.6 is 0 Å². The van der Waals surface area contributed by atoms with Gasteiger partial charge in [-0.3, -0.25) is 14.5 Å². The number of hydrogen-bond acceptors (Lipinski definition) is 4. The van der Waals surface area contributed by atoms with Crippen molar-refractivity contribution in [3.05, 3.63) is 48.5 Å². The fourth-order valence-electron chi connectivity index (χ4n) is 2.71. The van der Waals surface area contributed by atoms with Crippen LogP contribution in [0.1, 0.15) is 5.56 Å². The maximum Gasteiger partial charge on any atom is 0.244 e. The molecule has 21 heavy (non-hydrogen) atoms. The van der Waals surface area contributed by atoms with Crippen molar-refractivity contribution in [3.8, 4) is 0 Å². The van der Waals surface area contributed by atoms with Crippen molar-refractivity contribution in [3.63, 3.8) is 0 Å². The van der Waals surface area contributed by atoms with E-state index in [1.807, 2.05) is 12.1 Å². The number of carbonyl (C=O) groups is 1. The Morgan fingerprint density at radius 2 is 2.10 bits per heavy atom. The minimum absolute atomic E-state index is 0.00465. The van der Waals surface area contributed by atoms with Gasteiger partial charge >= 0.3 is 0 Å². The fraction of sp³-hybridized carbons (Fsp3) is 0.400. The Morgan fingerprint density at radius 1 is 1.29 bits per heavy atom. The van der Waals surface area contributed by atoms with Crippen molar-refractivity contribution in [1.82, 2.24) is 19.7 Å². The SMILES string of the molecule is O=C(Cn1cccn1)N1C[C@@H](Cc2ccncc2)[C@H](O)C1. The third-order valence-corrected chi connectivity index (χ3v) is 3.86. The third-order valence-electron chi connectivity index (χ3n) is 3.86. The number of rotatable bonds is 4. The summed E-state index contributed by atoms with van der Waals surface area (Å²) in [6.45, 7) is 1.21. The number of β-amino-alcohol motifs (C(OH)–C–C–N with tert-alkyl or cyclic N) is 1. The summed E-state index contributed by atoms with van der Waals surface area (Å²) in [6.07, 6.45) is 7.20. The highest BCUT2D eigenvalue weighted by atomic mass is 16.3. The topological polar surface area (TPSA) is 71.2 Å². The molecule has 110 valence electrons. The van der Waals surface area contributed by atoms with Crippen LogP contribution in [-0.4, -0.2) is 49.9 Å². The normalized spacial score (nSPS) is 21.7. The molecule has 0 radical (unpaired) electrons. The first-order valence-corrected chi connectivity index (χ1v) is 7.04. The summed E-state index contributed by atoms with van der Waals surface area (Å²) in [5.74, 6) is 0.0731. The van der Waals surface area contributed by atoms with Gasteiger partial charge in [0.1, 0.15) is 6.54 Å². The lowest BCUT2D eigenvalue weighted by Crippen LogP contribution is -2.32. The van der Waals surface area contributed by atoms with Crippen LogP contribution in [0.4, 0.5) is 0 Å². The van der Waals surface area contributed by atoms with E-state index in [2.05, 4.69) is 10.1 Å². The predicted molar refractivity (Wildman–Crippen MR) is 76.2 cm³/mol. The number of likely N-dealkylation sites (tertiary alicyclic amines) is 1. The van der Waals surface area contributed by atoms with Gasteiger partial charge in [-0.2, -0.15) is 5.10 Å². The Hall–Kier alpha value is -2.21. The number of aliphatic hydroxyl groups is 1. The van der Waals surface area contributed by atoms with E-state index in [0.29, 0.717) is 13.1 Å². The summed E-state index contributed by atoms with van der Waals surface area (Å²) in [4.78, 5) is 17.9. The average molecular weight is 286 g/mol. The van der Waals surface area contributed by atoms with Crippen molar-refractivity contribution in [2.75, 3.05) is 13.1 Å². The number of hydrogen-bond donors (Lipinski definition) is 1. The second-order valence-corrected chi connectivity index (χ2v) is 5.39. The number of pyridine rings is 1. The molecule has 0 aromatic carbocycles. The molecule has 1 aliphatic rings. The standard InChI is InChI=1S/C15H18N4O2/c20-14-10-18(15(21)11-19-7-1-4-17-19)9-13(14)8-12-2-5-16-6-3-12/h1-7,13-14,20H,8-11H2/t13-,14-/m1/s1. The molecule has 1 fully saturated rings. The van der Waals surface area contributed by atoms with Crippen LogP contribution in [-0.2, 0) is 17.8 Å². The van der Waals surface area contributed by atoms with E-state index in [0.717, 1.165) is 12.0 Å². The van der Waals surface area contributed by atoms with Crippen molar-refractivity contribution in [1.29, 1.82) is 0 Å². The van der Waals surface area contributed by atoms with E-state index in [4.69, 9.17) is 0 Å². The smallest absolute Gasteiger partial charge is 0.244 e. The molecule has 6 nitrogen and oxygen atoms in total. The summed E-state index contributed by atoms with van der Waals surface area (Å²) >= 11 is 0. The second-order valence-electron chi connectivity index (χ2n) is 5.39. The predicted octanol–water partition coefficient (Wildman–Crippen LogP) is 0.340. The first-order chi connectivity index (χ1) is 10.2. The maximum atomic E-state index is 12.2. The van der Waals surface area contributed by atoms with Crippen LogP contribution in [0.2, 0.25) is 0 Å². The molecule has 2 aromatic rings. The van der Waals surface area contributed by atoms with Crippen LogP contribution in [0.15, 0.2) is 43.0 Å². The van der Waals surface area contributed by atoms with Crippen LogP contribution in [0, 0.1) is 5.92 Å². The van der Waals surface area contributed by atoms with Crippen molar-refractivity contribution in [2.24, 2.45) is 5.92 Å². The van der Waals surface area contributed by atoms with Gasteiger partial charge in [-0.25, -0.2) is 0 Å². The molecule has 3 rings (SSSR count). The molecule has 6 heteroatoms. The fourth-order valence-corrected chi connectivity index (χ4v) is 2.71. The number of nitrogens with zero attached hydrogens (tertiary/aromatic N) is 4. The summed E-state index contributed by atoms with van der Waals surface area (Å²) in [6, 6.07) is 5.68. The molecular weight excluding hydrogens is 268 g/mol. The van der Waals surface area contributed by atoms with E-state index in [1.54, 1.807) is 40.4 Å². The van der Waals surface area contributed by atoms with E-state index in [9.17, 15) is 9.90 Å². The molecule has 1 amide bonds. The molecule has 0 aliphatic carbocycles. The van der Waals surface area contributed by atoms with Crippen LogP contribution < -0.4 is 0 Å². The molecular formula is C15H18N4O2. The number of amides is 1. The Balaban J connectivity index is 1.59. The van der Waals surface area contributed by atoms with Gasteiger partial charge in [0.2, 0.25) is 5.91 Å². The summed E-state index contributed by atoms with van der Waals surface area (Å²) in [5.41, 5.74) is 1.13. The highest BCUT2D eigenvalue weighted by Gasteiger charge is 2.33. The van der Waals surface area contributed by atoms with Gasteiger partial charge in [-0.15, -0.1) is 0 Å². The Kier molecular flexibility index (Phi) is 3.96. The highest BCUT2D eigenvalue weighted by molar-refractivity contribution is 5.76. The number of aromatic nitrogens is 3. The summed E-state index contributed by atoms with van der Waals surface area (Å²) in [7, 11) is 0. The van der Waals surface area contributed by atoms with E-state index < -0.39 is 6.10 Å². The summed E-state index contributed by atoms with van der Waals surface area (Å²) in [5, 5.41) is 14.2. The zero-order valence-electron chi connectivity index (χ0n) is 11.7. The van der Waals surface area contributed by atoms with Gasteiger partial charge in [-0.1, -0.05) is 0 Å². The Bertz CT molecular complexity index is 585. The second kappa shape index (κ2) is 6.05. The Morgan fingerprint density at radius 3 is 2.81 bits per heavy atom. The van der Waals surface area contributed by atoms with E-state index >= 15 is 0 Å². The third kappa shape index (κ3) is 3.28. The molecule has 0 saturated carbocycles. The van der Waals surface area contributed by atoms with E-state index in [-0.39, 0.29) is 18.4 Å². The Labute approximate surface area is 123 Å². The monoisotopic (exact) mass is 286 g/mol. The van der Waals surface area contributed by atoms with Crippen molar-refractivity contribution < 1.29 is 9.90 Å². The van der Waals surface area contributed by atoms with Crippen LogP contribution in [0.5, 0.6) is 0 Å². The first-order valence-electron chi connectivity index (χ1n) is 7.04. The molecule has 0 bridgehead atoms. The lowest BCUT2D eigenvalue weighted by atomic mass is 9.97. The molecule has 2 aromatic heterocycles. The van der Waals surface area contributed by atoms with Gasteiger partial charge in [0.25, 0.3) is 0 Å². The quantitative estimate of drug-likeness (QED) is 0.880. The van der Waals surface area contributed by atoms with E-state index in [1.165, 1.54) is 0 Å². The lowest BCUT2D eigenvalue weighted by Gasteiger charge is -2.16. The van der Waals surface area contributed by atoms with Gasteiger partial charge in [-0.05, 0) is 30.2 Å². The molecule has 1 aliphatic heterocycles. The summed E-state index contributed by atoms with van der Waals surface area (Å²) < 4.78 is 1.60. The number of aliphatic hydroxyl groups excluding tert-OH is 1. The minimum atomic E-state index is -0.472. The van der Waals surface area contributed by atoms with Gasteiger partial charge < -0.3 is 10.0 Å².